The van der Waals surface area contributed by atoms with Crippen LogP contribution in [0.1, 0.15) is 26.5 Å². The van der Waals surface area contributed by atoms with Gasteiger partial charge in [-0.05, 0) is 45.9 Å². The van der Waals surface area contributed by atoms with Crippen molar-refractivity contribution in [3.63, 3.8) is 0 Å². The number of hydrogen-bond acceptors (Lipinski definition) is 8. The quantitative estimate of drug-likeness (QED) is 0.565. The zero-order valence-electron chi connectivity index (χ0n) is 18.7. The van der Waals surface area contributed by atoms with Crippen molar-refractivity contribution >= 4 is 29.1 Å². The number of ether oxygens (including phenoxy) is 1. The average Bonchev–Trinajstić information content (AvgIpc) is 3.26. The lowest BCUT2D eigenvalue weighted by atomic mass is 10.0. The van der Waals surface area contributed by atoms with Gasteiger partial charge in [0.15, 0.2) is 0 Å². The second-order valence-corrected chi connectivity index (χ2v) is 9.42. The Bertz CT molecular complexity index is 1020. The fourth-order valence-electron chi connectivity index (χ4n) is 4.27. The standard InChI is InChI=1S/C22H28N6O4/c1-14-9-17(7-8-23-14)24-20-18(28(30)31)5-6-19(25-20)26-10-15-12-27(13-16(15)11-26)21(29)32-22(2,3)4/h5-9,15-16H,10-13H2,1-4H3,(H,23,24,25). The first kappa shape index (κ1) is 21.8. The SMILES string of the molecule is Cc1cc(Nc2nc(N3CC4CN(C(=O)OC(C)(C)C)CC4C3)ccc2[N+](=O)[O-])ccn1. The topological polar surface area (TPSA) is 114 Å². The minimum absolute atomic E-state index is 0.0845. The molecule has 10 heteroatoms. The minimum atomic E-state index is -0.514. The Balaban J connectivity index is 1.47. The predicted octanol–water partition coefficient (Wildman–Crippen LogP) is 3.74. The van der Waals surface area contributed by atoms with Gasteiger partial charge in [-0.25, -0.2) is 9.78 Å². The molecule has 2 aliphatic rings. The van der Waals surface area contributed by atoms with Gasteiger partial charge in [0.25, 0.3) is 0 Å². The van der Waals surface area contributed by atoms with Gasteiger partial charge in [0.2, 0.25) is 5.82 Å². The molecule has 10 nitrogen and oxygen atoms in total. The molecular weight excluding hydrogens is 412 g/mol. The number of carbonyl (C=O) groups excluding carboxylic acids is 1. The fraction of sp³-hybridized carbons (Fsp3) is 0.500. The molecular formula is C22H28N6O4. The number of aryl methyl sites for hydroxylation is 1. The molecule has 170 valence electrons. The second-order valence-electron chi connectivity index (χ2n) is 9.42. The predicted molar refractivity (Wildman–Crippen MR) is 120 cm³/mol. The Morgan fingerprint density at radius 2 is 1.88 bits per heavy atom. The van der Waals surface area contributed by atoms with Crippen molar-refractivity contribution in [1.29, 1.82) is 0 Å². The lowest BCUT2D eigenvalue weighted by Crippen LogP contribution is -2.37. The number of nitro groups is 1. The average molecular weight is 441 g/mol. The van der Waals surface area contributed by atoms with Gasteiger partial charge in [-0.15, -0.1) is 0 Å². The van der Waals surface area contributed by atoms with E-state index in [1.54, 1.807) is 23.2 Å². The van der Waals surface area contributed by atoms with E-state index >= 15 is 0 Å². The number of nitrogens with one attached hydrogen (secondary N) is 1. The molecule has 0 bridgehead atoms. The monoisotopic (exact) mass is 440 g/mol. The number of likely N-dealkylation sites (tertiary alicyclic amines) is 1. The van der Waals surface area contributed by atoms with Crippen LogP contribution < -0.4 is 10.2 Å². The molecule has 4 rings (SSSR count). The summed E-state index contributed by atoms with van der Waals surface area (Å²) in [4.78, 5) is 36.1. The zero-order chi connectivity index (χ0) is 23.0. The molecule has 2 aromatic heterocycles. The van der Waals surface area contributed by atoms with E-state index in [1.807, 2.05) is 33.8 Å². The highest BCUT2D eigenvalue weighted by atomic mass is 16.6. The summed E-state index contributed by atoms with van der Waals surface area (Å²) in [5, 5.41) is 14.6. The van der Waals surface area contributed by atoms with Gasteiger partial charge in [-0.2, -0.15) is 0 Å². The molecule has 2 atom stereocenters. The van der Waals surface area contributed by atoms with Crippen molar-refractivity contribution in [1.82, 2.24) is 14.9 Å². The Hall–Kier alpha value is -3.43. The summed E-state index contributed by atoms with van der Waals surface area (Å²) < 4.78 is 5.50. The van der Waals surface area contributed by atoms with E-state index in [4.69, 9.17) is 4.74 Å². The zero-order valence-corrected chi connectivity index (χ0v) is 18.7. The summed E-state index contributed by atoms with van der Waals surface area (Å²) in [5.41, 5.74) is 0.895. The molecule has 2 aromatic rings. The first-order valence-corrected chi connectivity index (χ1v) is 10.7. The van der Waals surface area contributed by atoms with E-state index in [-0.39, 0.29) is 17.6 Å². The number of hydrogen-bond donors (Lipinski definition) is 1. The molecule has 32 heavy (non-hydrogen) atoms. The maximum atomic E-state index is 12.4. The van der Waals surface area contributed by atoms with E-state index in [2.05, 4.69) is 20.2 Å². The second kappa shape index (κ2) is 8.25. The van der Waals surface area contributed by atoms with Gasteiger partial charge in [-0.3, -0.25) is 15.1 Å². The number of amides is 1. The third kappa shape index (κ3) is 4.74. The molecule has 0 saturated carbocycles. The molecule has 2 aliphatic heterocycles. The highest BCUT2D eigenvalue weighted by Crippen LogP contribution is 2.36. The normalized spacial score (nSPS) is 20.2. The van der Waals surface area contributed by atoms with Crippen LogP contribution in [-0.4, -0.2) is 57.7 Å². The van der Waals surface area contributed by atoms with Gasteiger partial charge >= 0.3 is 11.8 Å². The lowest BCUT2D eigenvalue weighted by molar-refractivity contribution is -0.384. The van der Waals surface area contributed by atoms with Crippen LogP contribution in [0, 0.1) is 28.9 Å². The fourth-order valence-corrected chi connectivity index (χ4v) is 4.27. The Morgan fingerprint density at radius 1 is 1.19 bits per heavy atom. The van der Waals surface area contributed by atoms with Crippen molar-refractivity contribution in [3.8, 4) is 0 Å². The third-order valence-corrected chi connectivity index (χ3v) is 5.68. The molecule has 0 aromatic carbocycles. The molecule has 2 unspecified atom stereocenters. The first-order valence-electron chi connectivity index (χ1n) is 10.7. The Labute approximate surface area is 186 Å². The number of nitrogens with zero attached hydrogens (tertiary/aromatic N) is 5. The Kier molecular flexibility index (Phi) is 5.62. The molecule has 4 heterocycles. The van der Waals surface area contributed by atoms with E-state index in [0.29, 0.717) is 36.4 Å². The summed E-state index contributed by atoms with van der Waals surface area (Å²) in [7, 11) is 0. The van der Waals surface area contributed by atoms with Crippen molar-refractivity contribution in [2.24, 2.45) is 11.8 Å². The van der Waals surface area contributed by atoms with E-state index in [9.17, 15) is 14.9 Å². The van der Waals surface area contributed by atoms with Crippen molar-refractivity contribution in [2.45, 2.75) is 33.3 Å². The van der Waals surface area contributed by atoms with Crippen LogP contribution >= 0.6 is 0 Å². The maximum Gasteiger partial charge on any atom is 0.410 e. The lowest BCUT2D eigenvalue weighted by Gasteiger charge is -2.26. The number of fused-ring (bicyclic) bond motifs is 1. The van der Waals surface area contributed by atoms with Crippen molar-refractivity contribution in [3.05, 3.63) is 46.3 Å². The van der Waals surface area contributed by atoms with E-state index in [1.165, 1.54) is 6.07 Å². The number of aromatic nitrogens is 2. The van der Waals surface area contributed by atoms with Crippen LogP contribution in [-0.2, 0) is 4.74 Å². The van der Waals surface area contributed by atoms with Gasteiger partial charge < -0.3 is 19.9 Å². The third-order valence-electron chi connectivity index (χ3n) is 5.68. The van der Waals surface area contributed by atoms with Crippen LogP contribution in [0.25, 0.3) is 0 Å². The summed E-state index contributed by atoms with van der Waals surface area (Å²) in [6.45, 7) is 10.2. The number of rotatable bonds is 4. The molecule has 1 N–H and O–H groups in total. The summed E-state index contributed by atoms with van der Waals surface area (Å²) in [6.07, 6.45) is 1.37. The molecule has 0 radical (unpaired) electrons. The van der Waals surface area contributed by atoms with Gasteiger partial charge in [0.1, 0.15) is 11.4 Å². The number of carbonyl (C=O) groups is 1. The first-order chi connectivity index (χ1) is 15.1. The maximum absolute atomic E-state index is 12.4. The molecule has 0 spiro atoms. The highest BCUT2D eigenvalue weighted by molar-refractivity contribution is 5.69. The number of anilines is 3. The molecule has 2 saturated heterocycles. The minimum Gasteiger partial charge on any atom is -0.444 e. The number of pyridine rings is 2. The van der Waals surface area contributed by atoms with Gasteiger partial charge in [-0.1, -0.05) is 0 Å². The summed E-state index contributed by atoms with van der Waals surface area (Å²) in [6, 6.07) is 6.73. The molecule has 0 aliphatic carbocycles. The van der Waals surface area contributed by atoms with E-state index < -0.39 is 10.5 Å². The summed E-state index contributed by atoms with van der Waals surface area (Å²) in [5.74, 6) is 1.52. The van der Waals surface area contributed by atoms with Crippen LogP contribution in [0.15, 0.2) is 30.5 Å². The van der Waals surface area contributed by atoms with Gasteiger partial charge in [0, 0.05) is 61.7 Å². The van der Waals surface area contributed by atoms with Crippen LogP contribution in [0.4, 0.5) is 27.8 Å². The highest BCUT2D eigenvalue weighted by Gasteiger charge is 2.43. The largest absolute Gasteiger partial charge is 0.444 e. The molecule has 2 fully saturated rings. The van der Waals surface area contributed by atoms with E-state index in [0.717, 1.165) is 18.8 Å². The van der Waals surface area contributed by atoms with Crippen molar-refractivity contribution < 1.29 is 14.5 Å². The Morgan fingerprint density at radius 3 is 2.47 bits per heavy atom. The molecule has 1 amide bonds. The smallest absolute Gasteiger partial charge is 0.410 e. The van der Waals surface area contributed by atoms with Gasteiger partial charge in [0.05, 0.1) is 4.92 Å². The van der Waals surface area contributed by atoms with Crippen LogP contribution in [0.2, 0.25) is 0 Å². The van der Waals surface area contributed by atoms with Crippen LogP contribution in [0.5, 0.6) is 0 Å². The summed E-state index contributed by atoms with van der Waals surface area (Å²) >= 11 is 0. The van der Waals surface area contributed by atoms with Crippen molar-refractivity contribution in [2.75, 3.05) is 36.4 Å². The van der Waals surface area contributed by atoms with Crippen LogP contribution in [0.3, 0.4) is 0 Å².